The molecule has 0 fully saturated rings. The van der Waals surface area contributed by atoms with E-state index in [9.17, 15) is 4.79 Å². The van der Waals surface area contributed by atoms with Gasteiger partial charge in [0.05, 0.1) is 5.69 Å². The minimum atomic E-state index is -0.973. The van der Waals surface area contributed by atoms with Gasteiger partial charge in [0.1, 0.15) is 0 Å². The highest BCUT2D eigenvalue weighted by molar-refractivity contribution is 5.85. The molecule has 16 heavy (non-hydrogen) atoms. The number of carbonyl (C=O) groups is 1. The lowest BCUT2D eigenvalue weighted by Gasteiger charge is -2.17. The van der Waals surface area contributed by atoms with Crippen molar-refractivity contribution in [3.8, 4) is 5.69 Å². The van der Waals surface area contributed by atoms with Crippen LogP contribution < -0.4 is 0 Å². The Morgan fingerprint density at radius 1 is 1.31 bits per heavy atom. The second-order valence-corrected chi connectivity index (χ2v) is 3.87. The average Bonchev–Trinajstić information content (AvgIpc) is 2.73. The minimum Gasteiger partial charge on any atom is -0.476 e. The van der Waals surface area contributed by atoms with Crippen LogP contribution in [0.5, 0.6) is 0 Å². The van der Waals surface area contributed by atoms with Crippen LogP contribution in [0.3, 0.4) is 0 Å². The van der Waals surface area contributed by atoms with Crippen molar-refractivity contribution in [2.45, 2.75) is 12.8 Å². The fraction of sp³-hybridized carbons (Fsp3) is 0.167. The fourth-order valence-electron chi connectivity index (χ4n) is 2.10. The van der Waals surface area contributed by atoms with Crippen LogP contribution in [0.25, 0.3) is 5.69 Å². The Kier molecular flexibility index (Phi) is 1.83. The Morgan fingerprint density at radius 3 is 2.94 bits per heavy atom. The van der Waals surface area contributed by atoms with Crippen LogP contribution in [0.2, 0.25) is 0 Å². The van der Waals surface area contributed by atoms with Gasteiger partial charge in [0.2, 0.25) is 0 Å². The number of aryl methyl sites for hydroxylation is 2. The Bertz CT molecular complexity index is 572. The number of carboxylic acid groups (broad SMARTS) is 1. The molecule has 1 aromatic heterocycles. The summed E-state index contributed by atoms with van der Waals surface area (Å²) in [6.07, 6.45) is 1.79. The predicted molar refractivity (Wildman–Crippen MR) is 57.9 cm³/mol. The summed E-state index contributed by atoms with van der Waals surface area (Å²) < 4.78 is 1.74. The number of rotatable bonds is 1. The molecule has 2 heterocycles. The summed E-state index contributed by atoms with van der Waals surface area (Å²) in [5, 5.41) is 13.0. The lowest BCUT2D eigenvalue weighted by molar-refractivity contribution is 0.0690. The summed E-state index contributed by atoms with van der Waals surface area (Å²) in [4.78, 5) is 10.9. The van der Waals surface area contributed by atoms with Crippen LogP contribution in [-0.4, -0.2) is 20.9 Å². The van der Waals surface area contributed by atoms with E-state index in [1.165, 1.54) is 5.56 Å². The maximum atomic E-state index is 10.9. The number of para-hydroxylation sites is 1. The third-order valence-corrected chi connectivity index (χ3v) is 2.87. The maximum absolute atomic E-state index is 10.9. The van der Waals surface area contributed by atoms with Gasteiger partial charge in [-0.1, -0.05) is 18.2 Å². The molecule has 80 valence electrons. The Labute approximate surface area is 92.1 Å². The van der Waals surface area contributed by atoms with E-state index < -0.39 is 5.97 Å². The molecule has 3 rings (SSSR count). The Morgan fingerprint density at radius 2 is 2.12 bits per heavy atom. The maximum Gasteiger partial charge on any atom is 0.356 e. The average molecular weight is 214 g/mol. The normalized spacial score (nSPS) is 13.0. The SMILES string of the molecule is O=C(O)c1cc2n(n1)-c1ccccc1CC2. The van der Waals surface area contributed by atoms with Crippen LogP contribution in [-0.2, 0) is 12.8 Å². The van der Waals surface area contributed by atoms with Gasteiger partial charge in [-0.05, 0) is 30.5 Å². The van der Waals surface area contributed by atoms with Gasteiger partial charge >= 0.3 is 5.97 Å². The summed E-state index contributed by atoms with van der Waals surface area (Å²) in [6.45, 7) is 0. The van der Waals surface area contributed by atoms with E-state index in [1.807, 2.05) is 18.2 Å². The number of benzene rings is 1. The molecule has 1 N–H and O–H groups in total. The summed E-state index contributed by atoms with van der Waals surface area (Å²) in [5.74, 6) is -0.973. The molecule has 0 unspecified atom stereocenters. The highest BCUT2D eigenvalue weighted by Gasteiger charge is 2.19. The van der Waals surface area contributed by atoms with Gasteiger partial charge in [0, 0.05) is 5.69 Å². The number of fused-ring (bicyclic) bond motifs is 3. The first-order valence-electron chi connectivity index (χ1n) is 5.16. The van der Waals surface area contributed by atoms with Gasteiger partial charge in [-0.25, -0.2) is 9.48 Å². The van der Waals surface area contributed by atoms with Crippen molar-refractivity contribution < 1.29 is 9.90 Å². The molecule has 0 amide bonds. The first-order valence-corrected chi connectivity index (χ1v) is 5.16. The molecule has 4 heteroatoms. The number of carboxylic acids is 1. The van der Waals surface area contributed by atoms with Crippen molar-refractivity contribution in [1.82, 2.24) is 9.78 Å². The monoisotopic (exact) mass is 214 g/mol. The smallest absolute Gasteiger partial charge is 0.356 e. The quantitative estimate of drug-likeness (QED) is 0.785. The number of hydrogen-bond acceptors (Lipinski definition) is 2. The van der Waals surface area contributed by atoms with E-state index in [1.54, 1.807) is 10.7 Å². The molecule has 0 saturated carbocycles. The molecule has 1 aliphatic heterocycles. The van der Waals surface area contributed by atoms with Crippen LogP contribution >= 0.6 is 0 Å². The van der Waals surface area contributed by atoms with Crippen LogP contribution in [0.1, 0.15) is 21.7 Å². The predicted octanol–water partition coefficient (Wildman–Crippen LogP) is 1.67. The van der Waals surface area contributed by atoms with Crippen molar-refractivity contribution >= 4 is 5.97 Å². The second kappa shape index (κ2) is 3.20. The molecule has 1 aliphatic rings. The largest absolute Gasteiger partial charge is 0.476 e. The van der Waals surface area contributed by atoms with E-state index in [4.69, 9.17) is 5.11 Å². The molecule has 0 radical (unpaired) electrons. The molecule has 0 aliphatic carbocycles. The highest BCUT2D eigenvalue weighted by Crippen LogP contribution is 2.24. The Balaban J connectivity index is 2.20. The zero-order valence-electron chi connectivity index (χ0n) is 8.55. The lowest BCUT2D eigenvalue weighted by atomic mass is 10.0. The van der Waals surface area contributed by atoms with Crippen molar-refractivity contribution in [2.24, 2.45) is 0 Å². The van der Waals surface area contributed by atoms with Crippen molar-refractivity contribution in [2.75, 3.05) is 0 Å². The summed E-state index contributed by atoms with van der Waals surface area (Å²) in [6, 6.07) is 9.61. The summed E-state index contributed by atoms with van der Waals surface area (Å²) in [7, 11) is 0. The van der Waals surface area contributed by atoms with E-state index >= 15 is 0 Å². The van der Waals surface area contributed by atoms with Crippen LogP contribution in [0.4, 0.5) is 0 Å². The number of nitrogens with zero attached hydrogens (tertiary/aromatic N) is 2. The summed E-state index contributed by atoms with van der Waals surface area (Å²) >= 11 is 0. The fourth-order valence-corrected chi connectivity index (χ4v) is 2.10. The first-order chi connectivity index (χ1) is 7.75. The molecule has 4 nitrogen and oxygen atoms in total. The first kappa shape index (κ1) is 9.15. The summed E-state index contributed by atoms with van der Waals surface area (Å²) in [5.41, 5.74) is 3.30. The van der Waals surface area contributed by atoms with E-state index in [0.717, 1.165) is 24.2 Å². The zero-order valence-corrected chi connectivity index (χ0v) is 8.55. The van der Waals surface area contributed by atoms with Crippen LogP contribution in [0.15, 0.2) is 30.3 Å². The van der Waals surface area contributed by atoms with Gasteiger partial charge in [0.15, 0.2) is 5.69 Å². The van der Waals surface area contributed by atoms with Crippen molar-refractivity contribution in [3.63, 3.8) is 0 Å². The lowest BCUT2D eigenvalue weighted by Crippen LogP contribution is -2.12. The molecule has 0 atom stereocenters. The van der Waals surface area contributed by atoms with Gasteiger partial charge < -0.3 is 5.11 Å². The number of aromatic carboxylic acids is 1. The second-order valence-electron chi connectivity index (χ2n) is 3.87. The number of hydrogen-bond donors (Lipinski definition) is 1. The minimum absolute atomic E-state index is 0.117. The Hall–Kier alpha value is -2.10. The van der Waals surface area contributed by atoms with Gasteiger partial charge in [-0.15, -0.1) is 0 Å². The van der Waals surface area contributed by atoms with Crippen molar-refractivity contribution in [3.05, 3.63) is 47.3 Å². The molecular formula is C12H10N2O2. The molecular weight excluding hydrogens is 204 g/mol. The van der Waals surface area contributed by atoms with Gasteiger partial charge in [0.25, 0.3) is 0 Å². The molecule has 0 saturated heterocycles. The van der Waals surface area contributed by atoms with E-state index in [-0.39, 0.29) is 5.69 Å². The van der Waals surface area contributed by atoms with E-state index in [2.05, 4.69) is 11.2 Å². The molecule has 0 bridgehead atoms. The standard InChI is InChI=1S/C12H10N2O2/c15-12(16)10-7-9-6-5-8-3-1-2-4-11(8)14(9)13-10/h1-4,7H,5-6H2,(H,15,16). The molecule has 0 spiro atoms. The number of aromatic nitrogens is 2. The highest BCUT2D eigenvalue weighted by atomic mass is 16.4. The van der Waals surface area contributed by atoms with Crippen LogP contribution in [0, 0.1) is 0 Å². The van der Waals surface area contributed by atoms with Crippen molar-refractivity contribution in [1.29, 1.82) is 0 Å². The third kappa shape index (κ3) is 1.23. The molecule has 2 aromatic rings. The topological polar surface area (TPSA) is 55.1 Å². The van der Waals surface area contributed by atoms with E-state index in [0.29, 0.717) is 0 Å². The van der Waals surface area contributed by atoms with Gasteiger partial charge in [-0.3, -0.25) is 0 Å². The molecule has 1 aromatic carbocycles. The third-order valence-electron chi connectivity index (χ3n) is 2.87. The zero-order chi connectivity index (χ0) is 11.1. The van der Waals surface area contributed by atoms with Gasteiger partial charge in [-0.2, -0.15) is 5.10 Å².